The van der Waals surface area contributed by atoms with Crippen molar-refractivity contribution < 1.29 is 14.7 Å². The topological polar surface area (TPSA) is 66.4 Å². The molecule has 0 aliphatic rings. The van der Waals surface area contributed by atoms with Crippen LogP contribution in [0.25, 0.3) is 0 Å². The number of thioether (sulfide) groups is 1. The number of amides is 1. The monoisotopic (exact) mass is 343 g/mol. The molecule has 0 heterocycles. The Hall–Kier alpha value is -2.27. The van der Waals surface area contributed by atoms with E-state index >= 15 is 0 Å². The minimum Gasteiger partial charge on any atom is -0.481 e. The highest BCUT2D eigenvalue weighted by Gasteiger charge is 2.05. The van der Waals surface area contributed by atoms with Gasteiger partial charge in [-0.3, -0.25) is 9.59 Å². The van der Waals surface area contributed by atoms with Crippen LogP contribution in [0.4, 0.5) is 5.69 Å². The van der Waals surface area contributed by atoms with Gasteiger partial charge < -0.3 is 10.4 Å². The smallest absolute Gasteiger partial charge is 0.313 e. The third kappa shape index (κ3) is 6.08. The highest BCUT2D eigenvalue weighted by molar-refractivity contribution is 7.99. The number of rotatable bonds is 8. The molecule has 0 aliphatic carbocycles. The summed E-state index contributed by atoms with van der Waals surface area (Å²) in [7, 11) is 0. The van der Waals surface area contributed by atoms with E-state index in [1.54, 1.807) is 0 Å². The Labute approximate surface area is 146 Å². The fraction of sp³-hybridized carbons (Fsp3) is 0.263. The van der Waals surface area contributed by atoms with Crippen molar-refractivity contribution in [1.82, 2.24) is 0 Å². The molecular weight excluding hydrogens is 322 g/mol. The van der Waals surface area contributed by atoms with E-state index in [0.29, 0.717) is 12.2 Å². The molecule has 2 rings (SSSR count). The predicted octanol–water partition coefficient (Wildman–Crippen LogP) is 3.75. The van der Waals surface area contributed by atoms with E-state index < -0.39 is 5.97 Å². The van der Waals surface area contributed by atoms with E-state index in [9.17, 15) is 9.59 Å². The van der Waals surface area contributed by atoms with Gasteiger partial charge in [-0.1, -0.05) is 43.3 Å². The minimum absolute atomic E-state index is 0.0606. The van der Waals surface area contributed by atoms with Gasteiger partial charge in [0.05, 0.1) is 12.2 Å². The zero-order chi connectivity index (χ0) is 17.4. The maximum absolute atomic E-state index is 12.2. The number of hydrogen-bond acceptors (Lipinski definition) is 3. The van der Waals surface area contributed by atoms with Gasteiger partial charge in [-0.05, 0) is 35.2 Å². The maximum Gasteiger partial charge on any atom is 0.313 e. The maximum atomic E-state index is 12.2. The molecule has 0 saturated heterocycles. The molecule has 126 valence electrons. The summed E-state index contributed by atoms with van der Waals surface area (Å²) >= 11 is 1.34. The van der Waals surface area contributed by atoms with Crippen molar-refractivity contribution in [3.05, 3.63) is 65.2 Å². The first-order valence-electron chi connectivity index (χ1n) is 7.83. The van der Waals surface area contributed by atoms with Crippen LogP contribution in [0, 0.1) is 0 Å². The Morgan fingerprint density at radius 3 is 2.42 bits per heavy atom. The minimum atomic E-state index is -0.821. The molecule has 24 heavy (non-hydrogen) atoms. The van der Waals surface area contributed by atoms with Crippen LogP contribution in [0.3, 0.4) is 0 Å². The summed E-state index contributed by atoms with van der Waals surface area (Å²) in [5, 5.41) is 11.6. The lowest BCUT2D eigenvalue weighted by Crippen LogP contribution is -2.14. The third-order valence-corrected chi connectivity index (χ3v) is 4.49. The normalized spacial score (nSPS) is 10.4. The van der Waals surface area contributed by atoms with Crippen molar-refractivity contribution in [1.29, 1.82) is 0 Å². The van der Waals surface area contributed by atoms with E-state index in [1.807, 2.05) is 48.5 Å². The van der Waals surface area contributed by atoms with E-state index in [0.717, 1.165) is 23.2 Å². The summed E-state index contributed by atoms with van der Waals surface area (Å²) in [5.41, 5.74) is 3.97. The summed E-state index contributed by atoms with van der Waals surface area (Å²) in [5.74, 6) is -0.202. The number of carbonyl (C=O) groups is 2. The number of aryl methyl sites for hydroxylation is 1. The lowest BCUT2D eigenvalue weighted by Gasteiger charge is -2.08. The van der Waals surface area contributed by atoms with E-state index in [-0.39, 0.29) is 11.7 Å². The zero-order valence-corrected chi connectivity index (χ0v) is 14.4. The van der Waals surface area contributed by atoms with Gasteiger partial charge >= 0.3 is 5.97 Å². The standard InChI is InChI=1S/C19H21NO3S/c1-2-14-6-8-15(9-7-14)11-18(21)20-17-5-3-4-16(10-17)12-24-13-19(22)23/h3-10H,2,11-13H2,1H3,(H,20,21)(H,22,23). The fourth-order valence-corrected chi connectivity index (χ4v) is 2.97. The summed E-state index contributed by atoms with van der Waals surface area (Å²) in [6.07, 6.45) is 1.32. The molecule has 0 fully saturated rings. The molecule has 0 bridgehead atoms. The number of carboxylic acids is 1. The zero-order valence-electron chi connectivity index (χ0n) is 13.6. The van der Waals surface area contributed by atoms with Crippen molar-refractivity contribution >= 4 is 29.3 Å². The third-order valence-electron chi connectivity index (χ3n) is 3.50. The first-order chi connectivity index (χ1) is 11.6. The van der Waals surface area contributed by atoms with Crippen LogP contribution in [0.1, 0.15) is 23.6 Å². The number of benzene rings is 2. The Morgan fingerprint density at radius 2 is 1.75 bits per heavy atom. The van der Waals surface area contributed by atoms with E-state index in [1.165, 1.54) is 17.3 Å². The highest BCUT2D eigenvalue weighted by atomic mass is 32.2. The van der Waals surface area contributed by atoms with Gasteiger partial charge in [0, 0.05) is 11.4 Å². The Balaban J connectivity index is 1.89. The van der Waals surface area contributed by atoms with E-state index in [4.69, 9.17) is 5.11 Å². The Kier molecular flexibility index (Phi) is 6.88. The molecule has 0 atom stereocenters. The Morgan fingerprint density at radius 1 is 1.04 bits per heavy atom. The molecule has 0 saturated carbocycles. The molecule has 0 unspecified atom stereocenters. The second-order valence-electron chi connectivity index (χ2n) is 5.48. The molecule has 0 aromatic heterocycles. The number of carbonyl (C=O) groups excluding carboxylic acids is 1. The van der Waals surface area contributed by atoms with Crippen molar-refractivity contribution in [2.75, 3.05) is 11.1 Å². The molecule has 0 radical (unpaired) electrons. The molecule has 0 spiro atoms. The molecular formula is C19H21NO3S. The summed E-state index contributed by atoms with van der Waals surface area (Å²) < 4.78 is 0. The average molecular weight is 343 g/mol. The summed E-state index contributed by atoms with van der Waals surface area (Å²) in [6.45, 7) is 2.10. The van der Waals surface area contributed by atoms with Gasteiger partial charge in [0.15, 0.2) is 0 Å². The molecule has 0 aliphatic heterocycles. The van der Waals surface area contributed by atoms with Crippen LogP contribution in [-0.4, -0.2) is 22.7 Å². The number of aliphatic carboxylic acids is 1. The van der Waals surface area contributed by atoms with Crippen molar-refractivity contribution in [3.63, 3.8) is 0 Å². The molecule has 2 aromatic carbocycles. The van der Waals surface area contributed by atoms with Crippen LogP contribution >= 0.6 is 11.8 Å². The largest absolute Gasteiger partial charge is 0.481 e. The van der Waals surface area contributed by atoms with Gasteiger partial charge in [-0.15, -0.1) is 11.8 Å². The van der Waals surface area contributed by atoms with Crippen LogP contribution in [0.15, 0.2) is 48.5 Å². The fourth-order valence-electron chi connectivity index (χ4n) is 2.28. The Bertz CT molecular complexity index is 698. The lowest BCUT2D eigenvalue weighted by molar-refractivity contribution is -0.133. The SMILES string of the molecule is CCc1ccc(CC(=O)Nc2cccc(CSCC(=O)O)c2)cc1. The number of hydrogen-bond donors (Lipinski definition) is 2. The van der Waals surface area contributed by atoms with Crippen molar-refractivity contribution in [3.8, 4) is 0 Å². The molecule has 5 heteroatoms. The summed E-state index contributed by atoms with van der Waals surface area (Å²) in [6, 6.07) is 15.6. The van der Waals surface area contributed by atoms with E-state index in [2.05, 4.69) is 12.2 Å². The average Bonchev–Trinajstić information content (AvgIpc) is 2.55. The van der Waals surface area contributed by atoms with Crippen LogP contribution in [0.5, 0.6) is 0 Å². The lowest BCUT2D eigenvalue weighted by atomic mass is 10.1. The van der Waals surface area contributed by atoms with Crippen LogP contribution in [-0.2, 0) is 28.2 Å². The van der Waals surface area contributed by atoms with Gasteiger partial charge in [0.2, 0.25) is 5.91 Å². The molecule has 1 amide bonds. The number of anilines is 1. The first kappa shape index (κ1) is 18.1. The molecule has 2 aromatic rings. The second-order valence-corrected chi connectivity index (χ2v) is 6.47. The number of nitrogens with one attached hydrogen (secondary N) is 1. The van der Waals surface area contributed by atoms with Crippen molar-refractivity contribution in [2.24, 2.45) is 0 Å². The van der Waals surface area contributed by atoms with Gasteiger partial charge in [-0.2, -0.15) is 0 Å². The quantitative estimate of drug-likeness (QED) is 0.766. The van der Waals surface area contributed by atoms with Gasteiger partial charge in [0.25, 0.3) is 0 Å². The highest BCUT2D eigenvalue weighted by Crippen LogP contribution is 2.17. The van der Waals surface area contributed by atoms with Crippen molar-refractivity contribution in [2.45, 2.75) is 25.5 Å². The van der Waals surface area contributed by atoms with Crippen LogP contribution < -0.4 is 5.32 Å². The van der Waals surface area contributed by atoms with Gasteiger partial charge in [-0.25, -0.2) is 0 Å². The summed E-state index contributed by atoms with van der Waals surface area (Å²) in [4.78, 5) is 22.7. The number of carboxylic acid groups (broad SMARTS) is 1. The molecule has 4 nitrogen and oxygen atoms in total. The van der Waals surface area contributed by atoms with Gasteiger partial charge in [0.1, 0.15) is 0 Å². The first-order valence-corrected chi connectivity index (χ1v) is 8.98. The second kappa shape index (κ2) is 9.13. The predicted molar refractivity (Wildman–Crippen MR) is 98.4 cm³/mol. The molecule has 2 N–H and O–H groups in total. The van der Waals surface area contributed by atoms with Crippen LogP contribution in [0.2, 0.25) is 0 Å².